The fourth-order valence-electron chi connectivity index (χ4n) is 3.28. The number of rotatable bonds is 6. The van der Waals surface area contributed by atoms with E-state index in [0.717, 1.165) is 0 Å². The van der Waals surface area contributed by atoms with E-state index in [2.05, 4.69) is 5.32 Å². The zero-order chi connectivity index (χ0) is 21.0. The van der Waals surface area contributed by atoms with Crippen molar-refractivity contribution in [1.82, 2.24) is 4.31 Å². The van der Waals surface area contributed by atoms with Crippen molar-refractivity contribution in [2.24, 2.45) is 5.92 Å². The number of piperidine rings is 1. The summed E-state index contributed by atoms with van der Waals surface area (Å²) in [5.74, 6) is 0.331. The standard InChI is InChI=1S/C20H23ClN2O5S/c1-27-16-6-8-17(9-7-16)29(25,26)23-11-3-4-14(13-23)20(24)22-18-12-15(21)5-10-19(18)28-2/h5-10,12,14H,3-4,11,13H2,1-2H3,(H,22,24). The fraction of sp³-hybridized carbons (Fsp3) is 0.350. The highest BCUT2D eigenvalue weighted by Crippen LogP contribution is 2.30. The molecule has 1 heterocycles. The minimum atomic E-state index is -3.69. The molecule has 3 rings (SSSR count). The Bertz CT molecular complexity index is 979. The minimum Gasteiger partial charge on any atom is -0.497 e. The van der Waals surface area contributed by atoms with E-state index in [-0.39, 0.29) is 17.3 Å². The van der Waals surface area contributed by atoms with Crippen LogP contribution in [0.2, 0.25) is 5.02 Å². The molecular weight excluding hydrogens is 416 g/mol. The minimum absolute atomic E-state index is 0.114. The Morgan fingerprint density at radius 1 is 1.14 bits per heavy atom. The highest BCUT2D eigenvalue weighted by Gasteiger charge is 2.33. The van der Waals surface area contributed by atoms with Gasteiger partial charge in [0.15, 0.2) is 0 Å². The van der Waals surface area contributed by atoms with Gasteiger partial charge in [-0.2, -0.15) is 4.31 Å². The molecule has 1 amide bonds. The second kappa shape index (κ2) is 9.02. The van der Waals surface area contributed by atoms with Gasteiger partial charge in [0.1, 0.15) is 11.5 Å². The molecule has 0 bridgehead atoms. The zero-order valence-electron chi connectivity index (χ0n) is 16.2. The number of carbonyl (C=O) groups is 1. The predicted octanol–water partition coefficient (Wildman–Crippen LogP) is 3.40. The largest absolute Gasteiger partial charge is 0.497 e. The Labute approximate surface area is 175 Å². The van der Waals surface area contributed by atoms with Crippen LogP contribution < -0.4 is 14.8 Å². The highest BCUT2D eigenvalue weighted by molar-refractivity contribution is 7.89. The number of nitrogens with zero attached hydrogens (tertiary/aromatic N) is 1. The van der Waals surface area contributed by atoms with Crippen molar-refractivity contribution in [3.05, 3.63) is 47.5 Å². The molecule has 0 aliphatic carbocycles. The van der Waals surface area contributed by atoms with Crippen LogP contribution in [-0.2, 0) is 14.8 Å². The van der Waals surface area contributed by atoms with Gasteiger partial charge in [-0.1, -0.05) is 11.6 Å². The molecule has 0 saturated carbocycles. The van der Waals surface area contributed by atoms with Crippen LogP contribution in [0.15, 0.2) is 47.4 Å². The third-order valence-corrected chi connectivity index (χ3v) is 6.99. The van der Waals surface area contributed by atoms with Crippen molar-refractivity contribution in [2.45, 2.75) is 17.7 Å². The summed E-state index contributed by atoms with van der Waals surface area (Å²) in [7, 11) is -0.671. The van der Waals surface area contributed by atoms with Crippen LogP contribution in [0.25, 0.3) is 0 Å². The Kier molecular flexibility index (Phi) is 6.66. The Balaban J connectivity index is 1.74. The molecule has 7 nitrogen and oxygen atoms in total. The van der Waals surface area contributed by atoms with Gasteiger partial charge in [0.05, 0.1) is 30.7 Å². The summed E-state index contributed by atoms with van der Waals surface area (Å²) in [5, 5.41) is 3.28. The predicted molar refractivity (Wildman–Crippen MR) is 111 cm³/mol. The molecule has 0 spiro atoms. The number of carbonyl (C=O) groups excluding carboxylic acids is 1. The van der Waals surface area contributed by atoms with Crippen LogP contribution in [-0.4, -0.2) is 45.9 Å². The van der Waals surface area contributed by atoms with Gasteiger partial charge < -0.3 is 14.8 Å². The monoisotopic (exact) mass is 438 g/mol. The Morgan fingerprint density at radius 3 is 2.52 bits per heavy atom. The third kappa shape index (κ3) is 4.83. The molecule has 156 valence electrons. The van der Waals surface area contributed by atoms with Crippen molar-refractivity contribution in [3.8, 4) is 11.5 Å². The molecule has 0 radical (unpaired) electrons. The highest BCUT2D eigenvalue weighted by atomic mass is 35.5. The number of nitrogens with one attached hydrogen (secondary N) is 1. The fourth-order valence-corrected chi connectivity index (χ4v) is 4.98. The molecular formula is C20H23ClN2O5S. The summed E-state index contributed by atoms with van der Waals surface area (Å²) in [5.41, 5.74) is 0.458. The third-order valence-electron chi connectivity index (χ3n) is 4.87. The van der Waals surface area contributed by atoms with Crippen molar-refractivity contribution in [1.29, 1.82) is 0 Å². The first-order chi connectivity index (χ1) is 13.8. The quantitative estimate of drug-likeness (QED) is 0.747. The molecule has 29 heavy (non-hydrogen) atoms. The molecule has 1 aliphatic rings. The van der Waals surface area contributed by atoms with Gasteiger partial charge in [0.2, 0.25) is 15.9 Å². The molecule has 1 fully saturated rings. The second-order valence-corrected chi connectivity index (χ2v) is 9.09. The van der Waals surface area contributed by atoms with Crippen molar-refractivity contribution >= 4 is 33.2 Å². The SMILES string of the molecule is COc1ccc(S(=O)(=O)N2CCCC(C(=O)Nc3cc(Cl)ccc3OC)C2)cc1. The molecule has 1 saturated heterocycles. The van der Waals surface area contributed by atoms with Gasteiger partial charge in [-0.15, -0.1) is 0 Å². The summed E-state index contributed by atoms with van der Waals surface area (Å²) in [4.78, 5) is 13.0. The van der Waals surface area contributed by atoms with E-state index in [4.69, 9.17) is 21.1 Å². The summed E-state index contributed by atoms with van der Waals surface area (Å²) in [6.07, 6.45) is 1.20. The van der Waals surface area contributed by atoms with E-state index >= 15 is 0 Å². The number of methoxy groups -OCH3 is 2. The average Bonchev–Trinajstić information content (AvgIpc) is 2.74. The van der Waals surface area contributed by atoms with Crippen molar-refractivity contribution in [2.75, 3.05) is 32.6 Å². The number of ether oxygens (including phenoxy) is 2. The van der Waals surface area contributed by atoms with Crippen molar-refractivity contribution < 1.29 is 22.7 Å². The van der Waals surface area contributed by atoms with Crippen LogP contribution in [0.4, 0.5) is 5.69 Å². The number of amides is 1. The summed E-state index contributed by atoms with van der Waals surface area (Å²) in [6.45, 7) is 0.488. The molecule has 1 aliphatic heterocycles. The normalized spacial score (nSPS) is 17.6. The van der Waals surface area contributed by atoms with Crippen LogP contribution in [0.3, 0.4) is 0 Å². The first-order valence-corrected chi connectivity index (χ1v) is 11.0. The second-order valence-electron chi connectivity index (χ2n) is 6.71. The van der Waals surface area contributed by atoms with E-state index in [9.17, 15) is 13.2 Å². The van der Waals surface area contributed by atoms with E-state index < -0.39 is 15.9 Å². The number of halogens is 1. The van der Waals surface area contributed by atoms with Crippen LogP contribution in [0.5, 0.6) is 11.5 Å². The maximum atomic E-state index is 13.0. The maximum absolute atomic E-state index is 13.0. The van der Waals surface area contributed by atoms with Crippen LogP contribution in [0.1, 0.15) is 12.8 Å². The van der Waals surface area contributed by atoms with E-state index in [1.165, 1.54) is 30.7 Å². The van der Waals surface area contributed by atoms with Gasteiger partial charge >= 0.3 is 0 Å². The maximum Gasteiger partial charge on any atom is 0.243 e. The number of sulfonamides is 1. The van der Waals surface area contributed by atoms with Gasteiger partial charge in [-0.3, -0.25) is 4.79 Å². The smallest absolute Gasteiger partial charge is 0.243 e. The lowest BCUT2D eigenvalue weighted by atomic mass is 9.98. The first-order valence-electron chi connectivity index (χ1n) is 9.13. The molecule has 2 aromatic rings. The molecule has 2 aromatic carbocycles. The van der Waals surface area contributed by atoms with E-state index in [1.54, 1.807) is 30.3 Å². The van der Waals surface area contributed by atoms with Crippen LogP contribution >= 0.6 is 11.6 Å². The molecule has 0 aromatic heterocycles. The lowest BCUT2D eigenvalue weighted by molar-refractivity contribution is -0.120. The van der Waals surface area contributed by atoms with E-state index in [0.29, 0.717) is 41.6 Å². The molecule has 1 N–H and O–H groups in total. The average molecular weight is 439 g/mol. The first kappa shape index (κ1) is 21.4. The number of hydrogen-bond donors (Lipinski definition) is 1. The summed E-state index contributed by atoms with van der Waals surface area (Å²) < 4.78 is 37.6. The molecule has 9 heteroatoms. The van der Waals surface area contributed by atoms with Gasteiger partial charge in [0.25, 0.3) is 0 Å². The molecule has 1 atom stereocenters. The van der Waals surface area contributed by atoms with Gasteiger partial charge in [-0.25, -0.2) is 8.42 Å². The molecule has 1 unspecified atom stereocenters. The summed E-state index contributed by atoms with van der Waals surface area (Å²) >= 11 is 6.01. The van der Waals surface area contributed by atoms with Gasteiger partial charge in [0, 0.05) is 18.1 Å². The Morgan fingerprint density at radius 2 is 1.86 bits per heavy atom. The van der Waals surface area contributed by atoms with Crippen LogP contribution in [0, 0.1) is 5.92 Å². The lowest BCUT2D eigenvalue weighted by Crippen LogP contribution is -2.43. The zero-order valence-corrected chi connectivity index (χ0v) is 17.8. The topological polar surface area (TPSA) is 84.9 Å². The number of hydrogen-bond acceptors (Lipinski definition) is 5. The summed E-state index contributed by atoms with van der Waals surface area (Å²) in [6, 6.07) is 11.2. The lowest BCUT2D eigenvalue weighted by Gasteiger charge is -2.31. The number of benzene rings is 2. The van der Waals surface area contributed by atoms with Gasteiger partial charge in [-0.05, 0) is 55.3 Å². The number of anilines is 1. The van der Waals surface area contributed by atoms with E-state index in [1.807, 2.05) is 0 Å². The Hall–Kier alpha value is -2.29. The van der Waals surface area contributed by atoms with Crippen molar-refractivity contribution in [3.63, 3.8) is 0 Å².